The Balaban J connectivity index is 3.18. The summed E-state index contributed by atoms with van der Waals surface area (Å²) < 4.78 is 5.19. The van der Waals surface area contributed by atoms with Crippen LogP contribution in [0.4, 0.5) is 0 Å². The third-order valence-electron chi connectivity index (χ3n) is 3.32. The molecule has 0 fully saturated rings. The average molecular weight is 234 g/mol. The maximum atomic E-state index is 11.6. The zero-order valence-corrected chi connectivity index (χ0v) is 10.2. The minimum absolute atomic E-state index is 0.161. The third kappa shape index (κ3) is 1.40. The molecule has 2 rings (SSSR count). The fourth-order valence-corrected chi connectivity index (χ4v) is 2.03. The predicted molar refractivity (Wildman–Crippen MR) is 64.8 cm³/mol. The lowest BCUT2D eigenvalue weighted by molar-refractivity contribution is 0.398. The summed E-state index contributed by atoms with van der Waals surface area (Å²) in [5.74, 6) is -0.396. The molecule has 1 aromatic heterocycles. The Bertz CT molecular complexity index is 680. The zero-order valence-electron chi connectivity index (χ0n) is 10.2. The summed E-state index contributed by atoms with van der Waals surface area (Å²) in [6.45, 7) is 6.77. The van der Waals surface area contributed by atoms with Crippen molar-refractivity contribution >= 4 is 11.0 Å². The van der Waals surface area contributed by atoms with E-state index in [-0.39, 0.29) is 11.5 Å². The molecule has 0 saturated heterocycles. The number of phenols is 2. The van der Waals surface area contributed by atoms with Crippen molar-refractivity contribution in [3.63, 3.8) is 0 Å². The van der Waals surface area contributed by atoms with Crippen molar-refractivity contribution in [2.75, 3.05) is 0 Å². The maximum absolute atomic E-state index is 11.6. The predicted octanol–water partition coefficient (Wildman–Crippen LogP) is 2.44. The van der Waals surface area contributed by atoms with Gasteiger partial charge in [-0.3, -0.25) is 0 Å². The molecule has 0 aliphatic heterocycles. The number of benzene rings is 1. The molecule has 0 aliphatic carbocycles. The van der Waals surface area contributed by atoms with Gasteiger partial charge in [-0.25, -0.2) is 4.79 Å². The molecular formula is C13H14O4. The van der Waals surface area contributed by atoms with E-state index >= 15 is 0 Å². The standard InChI is InChI=1S/C13H14O4/c1-5-6(2)13(16)17-12-8(4)11(15)10(14)7(3)9(5)12/h14-15H,1-4H3. The van der Waals surface area contributed by atoms with Crippen molar-refractivity contribution < 1.29 is 14.6 Å². The Morgan fingerprint density at radius 2 is 1.35 bits per heavy atom. The number of aromatic hydroxyl groups is 2. The smallest absolute Gasteiger partial charge is 0.339 e. The molecule has 90 valence electrons. The van der Waals surface area contributed by atoms with Gasteiger partial charge < -0.3 is 14.6 Å². The van der Waals surface area contributed by atoms with Crippen LogP contribution in [0.15, 0.2) is 9.21 Å². The van der Waals surface area contributed by atoms with Crippen molar-refractivity contribution in [1.29, 1.82) is 0 Å². The van der Waals surface area contributed by atoms with Gasteiger partial charge in [0.25, 0.3) is 0 Å². The van der Waals surface area contributed by atoms with Gasteiger partial charge in [0.15, 0.2) is 11.5 Å². The molecule has 2 aromatic rings. The first-order valence-corrected chi connectivity index (χ1v) is 5.31. The van der Waals surface area contributed by atoms with Crippen LogP contribution in [-0.4, -0.2) is 10.2 Å². The Kier molecular flexibility index (Phi) is 2.38. The summed E-state index contributed by atoms with van der Waals surface area (Å²) in [7, 11) is 0. The molecule has 0 spiro atoms. The second-order valence-corrected chi connectivity index (χ2v) is 4.29. The molecule has 0 bridgehead atoms. The highest BCUT2D eigenvalue weighted by Crippen LogP contribution is 2.40. The number of hydrogen-bond acceptors (Lipinski definition) is 4. The van der Waals surface area contributed by atoms with Gasteiger partial charge in [0.1, 0.15) is 5.58 Å². The van der Waals surface area contributed by atoms with Crippen LogP contribution in [0.3, 0.4) is 0 Å². The van der Waals surface area contributed by atoms with E-state index in [1.807, 2.05) is 0 Å². The van der Waals surface area contributed by atoms with E-state index in [1.54, 1.807) is 27.7 Å². The quantitative estimate of drug-likeness (QED) is 0.542. The molecule has 0 radical (unpaired) electrons. The van der Waals surface area contributed by atoms with Gasteiger partial charge in [-0.05, 0) is 33.3 Å². The summed E-state index contributed by atoms with van der Waals surface area (Å²) in [6, 6.07) is 0. The first-order valence-electron chi connectivity index (χ1n) is 5.31. The van der Waals surface area contributed by atoms with Gasteiger partial charge >= 0.3 is 5.63 Å². The molecule has 0 unspecified atom stereocenters. The molecule has 0 saturated carbocycles. The Morgan fingerprint density at radius 3 is 1.94 bits per heavy atom. The van der Waals surface area contributed by atoms with Crippen LogP contribution in [0.25, 0.3) is 11.0 Å². The number of aryl methyl sites for hydroxylation is 3. The van der Waals surface area contributed by atoms with Crippen LogP contribution in [0.2, 0.25) is 0 Å². The molecule has 0 aliphatic rings. The highest BCUT2D eigenvalue weighted by atomic mass is 16.4. The van der Waals surface area contributed by atoms with Gasteiger partial charge in [0.2, 0.25) is 0 Å². The van der Waals surface area contributed by atoms with Crippen LogP contribution >= 0.6 is 0 Å². The summed E-state index contributed by atoms with van der Waals surface area (Å²) in [6.07, 6.45) is 0. The monoisotopic (exact) mass is 234 g/mol. The van der Waals surface area contributed by atoms with Crippen LogP contribution in [0, 0.1) is 27.7 Å². The molecule has 4 heteroatoms. The second-order valence-electron chi connectivity index (χ2n) is 4.29. The molecule has 17 heavy (non-hydrogen) atoms. The van der Waals surface area contributed by atoms with E-state index in [1.165, 1.54) is 0 Å². The van der Waals surface area contributed by atoms with E-state index in [2.05, 4.69) is 0 Å². The van der Waals surface area contributed by atoms with Gasteiger partial charge in [-0.1, -0.05) is 0 Å². The average Bonchev–Trinajstić information content (AvgIpc) is 2.30. The first kappa shape index (κ1) is 11.5. The van der Waals surface area contributed by atoms with Crippen LogP contribution in [0.5, 0.6) is 11.5 Å². The minimum atomic E-state index is -0.414. The zero-order chi connectivity index (χ0) is 12.9. The second kappa shape index (κ2) is 3.52. The van der Waals surface area contributed by atoms with E-state index in [4.69, 9.17) is 4.42 Å². The lowest BCUT2D eigenvalue weighted by atomic mass is 9.98. The molecule has 0 atom stereocenters. The topological polar surface area (TPSA) is 70.7 Å². The van der Waals surface area contributed by atoms with E-state index < -0.39 is 5.63 Å². The number of phenolic OH excluding ortho intramolecular Hbond substituents is 2. The molecule has 2 N–H and O–H groups in total. The van der Waals surface area contributed by atoms with E-state index in [0.29, 0.717) is 27.7 Å². The summed E-state index contributed by atoms with van der Waals surface area (Å²) in [5.41, 5.74) is 2.11. The molecule has 1 heterocycles. The van der Waals surface area contributed by atoms with Crippen molar-refractivity contribution in [1.82, 2.24) is 0 Å². The van der Waals surface area contributed by atoms with Gasteiger partial charge in [-0.2, -0.15) is 0 Å². The molecule has 4 nitrogen and oxygen atoms in total. The minimum Gasteiger partial charge on any atom is -0.504 e. The Labute approximate surface area is 98.1 Å². The van der Waals surface area contributed by atoms with E-state index in [9.17, 15) is 15.0 Å². The lowest BCUT2D eigenvalue weighted by Gasteiger charge is -2.12. The van der Waals surface area contributed by atoms with Crippen molar-refractivity contribution in [2.24, 2.45) is 0 Å². The fraction of sp³-hybridized carbons (Fsp3) is 0.308. The normalized spacial score (nSPS) is 11.1. The molecule has 1 aromatic carbocycles. The maximum Gasteiger partial charge on any atom is 0.339 e. The Hall–Kier alpha value is -1.97. The van der Waals surface area contributed by atoms with Crippen molar-refractivity contribution in [3.8, 4) is 11.5 Å². The molecular weight excluding hydrogens is 220 g/mol. The third-order valence-corrected chi connectivity index (χ3v) is 3.32. The summed E-state index contributed by atoms with van der Waals surface area (Å²) in [4.78, 5) is 11.6. The highest BCUT2D eigenvalue weighted by Gasteiger charge is 2.18. The Morgan fingerprint density at radius 1 is 0.824 bits per heavy atom. The number of fused-ring (bicyclic) bond motifs is 1. The first-order chi connectivity index (χ1) is 7.86. The van der Waals surface area contributed by atoms with Crippen LogP contribution in [-0.2, 0) is 0 Å². The van der Waals surface area contributed by atoms with Crippen LogP contribution in [0.1, 0.15) is 22.3 Å². The SMILES string of the molecule is Cc1c(C)c2c(C)c(O)c(O)c(C)c2oc1=O. The fourth-order valence-electron chi connectivity index (χ4n) is 2.03. The highest BCUT2D eigenvalue weighted by molar-refractivity contribution is 5.91. The number of rotatable bonds is 0. The van der Waals surface area contributed by atoms with Crippen LogP contribution < -0.4 is 5.63 Å². The van der Waals surface area contributed by atoms with Gasteiger partial charge in [-0.15, -0.1) is 0 Å². The molecule has 0 amide bonds. The van der Waals surface area contributed by atoms with Gasteiger partial charge in [0, 0.05) is 22.1 Å². The number of hydrogen-bond donors (Lipinski definition) is 2. The summed E-state index contributed by atoms with van der Waals surface area (Å²) in [5, 5.41) is 20.2. The summed E-state index contributed by atoms with van der Waals surface area (Å²) >= 11 is 0. The van der Waals surface area contributed by atoms with Gasteiger partial charge in [0.05, 0.1) is 0 Å². The van der Waals surface area contributed by atoms with E-state index in [0.717, 1.165) is 5.56 Å². The van der Waals surface area contributed by atoms with Crippen molar-refractivity contribution in [2.45, 2.75) is 27.7 Å². The van der Waals surface area contributed by atoms with Crippen molar-refractivity contribution in [3.05, 3.63) is 32.7 Å². The largest absolute Gasteiger partial charge is 0.504 e. The lowest BCUT2D eigenvalue weighted by Crippen LogP contribution is -2.07.